The summed E-state index contributed by atoms with van der Waals surface area (Å²) in [6.45, 7) is 7.47. The van der Waals surface area contributed by atoms with Gasteiger partial charge in [0.05, 0.1) is 24.0 Å². The summed E-state index contributed by atoms with van der Waals surface area (Å²) in [6.07, 6.45) is 2.80. The number of nitrogens with one attached hydrogen (secondary N) is 1. The van der Waals surface area contributed by atoms with E-state index in [4.69, 9.17) is 10.5 Å². The van der Waals surface area contributed by atoms with Gasteiger partial charge in [-0.1, -0.05) is 11.8 Å². The molecule has 2 aromatic heterocycles. The Bertz CT molecular complexity index is 950. The largest absolute Gasteiger partial charge is 0.378 e. The average Bonchev–Trinajstić information content (AvgIpc) is 3.42. The van der Waals surface area contributed by atoms with E-state index in [0.717, 1.165) is 48.7 Å². The van der Waals surface area contributed by atoms with E-state index in [1.54, 1.807) is 0 Å². The van der Waals surface area contributed by atoms with Gasteiger partial charge in [-0.2, -0.15) is 0 Å². The first-order chi connectivity index (χ1) is 14.5. The molecule has 11 heteroatoms. The minimum Gasteiger partial charge on any atom is -0.378 e. The van der Waals surface area contributed by atoms with Gasteiger partial charge < -0.3 is 20.7 Å². The number of rotatable bonds is 7. The Morgan fingerprint density at radius 1 is 1.30 bits per heavy atom. The molecule has 162 valence electrons. The number of amides is 2. The average molecular weight is 451 g/mol. The number of nitrogens with two attached hydrogens (primary N) is 1. The summed E-state index contributed by atoms with van der Waals surface area (Å²) >= 11 is 2.83. The van der Waals surface area contributed by atoms with Gasteiger partial charge in [-0.05, 0) is 38.7 Å². The van der Waals surface area contributed by atoms with E-state index >= 15 is 0 Å². The molecule has 2 amide bonds. The number of morpholine rings is 1. The zero-order valence-corrected chi connectivity index (χ0v) is 18.8. The molecule has 2 aromatic rings. The Hall–Kier alpha value is -2.11. The van der Waals surface area contributed by atoms with Crippen LogP contribution in [-0.4, -0.2) is 58.1 Å². The summed E-state index contributed by atoms with van der Waals surface area (Å²) in [5, 5.41) is 12.4. The fraction of sp³-hybridized carbons (Fsp3) is 0.579. The second-order valence-electron chi connectivity index (χ2n) is 7.30. The smallest absolute Gasteiger partial charge is 0.251 e. The number of nitrogens with zero attached hydrogens (tertiary/aromatic N) is 4. The summed E-state index contributed by atoms with van der Waals surface area (Å²) in [7, 11) is 0. The number of aromatic nitrogens is 3. The van der Waals surface area contributed by atoms with E-state index in [2.05, 4.69) is 20.4 Å². The van der Waals surface area contributed by atoms with Crippen molar-refractivity contribution in [3.05, 3.63) is 16.0 Å². The molecule has 2 aliphatic rings. The highest BCUT2D eigenvalue weighted by Gasteiger charge is 2.28. The Balaban J connectivity index is 1.47. The van der Waals surface area contributed by atoms with E-state index in [1.807, 2.05) is 18.4 Å². The molecule has 3 N–H and O–H groups in total. The lowest BCUT2D eigenvalue weighted by molar-refractivity contribution is -0.115. The Morgan fingerprint density at radius 3 is 2.77 bits per heavy atom. The summed E-state index contributed by atoms with van der Waals surface area (Å²) in [6, 6.07) is 0. The molecule has 30 heavy (non-hydrogen) atoms. The van der Waals surface area contributed by atoms with Gasteiger partial charge in [-0.3, -0.25) is 14.2 Å². The molecule has 1 aliphatic carbocycles. The fourth-order valence-electron chi connectivity index (χ4n) is 3.82. The molecule has 1 aliphatic heterocycles. The number of carbonyl (C=O) groups is 2. The van der Waals surface area contributed by atoms with Gasteiger partial charge in [0.15, 0.2) is 5.16 Å². The number of thioether (sulfide) groups is 1. The third-order valence-corrected chi connectivity index (χ3v) is 7.65. The zero-order valence-electron chi connectivity index (χ0n) is 17.1. The topological polar surface area (TPSA) is 115 Å². The van der Waals surface area contributed by atoms with E-state index < -0.39 is 11.2 Å². The van der Waals surface area contributed by atoms with Gasteiger partial charge in [0.2, 0.25) is 11.9 Å². The first-order valence-corrected chi connectivity index (χ1v) is 11.9. The molecule has 0 aromatic carbocycles. The maximum Gasteiger partial charge on any atom is 0.251 e. The predicted molar refractivity (Wildman–Crippen MR) is 118 cm³/mol. The van der Waals surface area contributed by atoms with E-state index in [9.17, 15) is 9.59 Å². The number of hydrogen-bond donors (Lipinski definition) is 2. The maximum atomic E-state index is 12.9. The first-order valence-electron chi connectivity index (χ1n) is 10.2. The van der Waals surface area contributed by atoms with Gasteiger partial charge in [0, 0.05) is 24.5 Å². The van der Waals surface area contributed by atoms with Gasteiger partial charge in [0.1, 0.15) is 5.00 Å². The molecule has 0 radical (unpaired) electrons. The lowest BCUT2D eigenvalue weighted by Gasteiger charge is -2.27. The normalized spacial score (nSPS) is 17.1. The summed E-state index contributed by atoms with van der Waals surface area (Å²) in [5.74, 6) is 0.147. The second-order valence-corrected chi connectivity index (χ2v) is 9.71. The van der Waals surface area contributed by atoms with E-state index in [0.29, 0.717) is 35.5 Å². The van der Waals surface area contributed by atoms with E-state index in [1.165, 1.54) is 23.1 Å². The van der Waals surface area contributed by atoms with Crippen LogP contribution in [0.2, 0.25) is 0 Å². The number of anilines is 2. The third kappa shape index (κ3) is 4.06. The first kappa shape index (κ1) is 21.1. The number of thiophene rings is 1. The highest BCUT2D eigenvalue weighted by atomic mass is 32.2. The molecule has 1 atom stereocenters. The molecule has 0 bridgehead atoms. The highest BCUT2D eigenvalue weighted by Crippen LogP contribution is 2.39. The lowest BCUT2D eigenvalue weighted by Crippen LogP contribution is -2.38. The van der Waals surface area contributed by atoms with Crippen LogP contribution >= 0.6 is 23.1 Å². The minimum absolute atomic E-state index is 0.180. The van der Waals surface area contributed by atoms with Gasteiger partial charge >= 0.3 is 0 Å². The van der Waals surface area contributed by atoms with Gasteiger partial charge in [-0.15, -0.1) is 21.5 Å². The van der Waals surface area contributed by atoms with Crippen LogP contribution in [0.15, 0.2) is 5.16 Å². The van der Waals surface area contributed by atoms with Gasteiger partial charge in [0.25, 0.3) is 5.91 Å². The molecule has 0 unspecified atom stereocenters. The van der Waals surface area contributed by atoms with Crippen LogP contribution in [0.3, 0.4) is 0 Å². The van der Waals surface area contributed by atoms with Crippen molar-refractivity contribution in [2.24, 2.45) is 5.73 Å². The zero-order chi connectivity index (χ0) is 21.3. The quantitative estimate of drug-likeness (QED) is 0.619. The predicted octanol–water partition coefficient (Wildman–Crippen LogP) is 1.90. The van der Waals surface area contributed by atoms with Crippen LogP contribution in [0.4, 0.5) is 10.9 Å². The van der Waals surface area contributed by atoms with Crippen molar-refractivity contribution in [1.82, 2.24) is 14.8 Å². The molecule has 9 nitrogen and oxygen atoms in total. The SMILES string of the molecule is CCn1c(S[C@@H](C)C(=O)Nc2sc3c(c2C(N)=O)CCC3)nnc1N1CCOCC1. The fourth-order valence-corrected chi connectivity index (χ4v) is 6.03. The summed E-state index contributed by atoms with van der Waals surface area (Å²) < 4.78 is 7.44. The van der Waals surface area contributed by atoms with Crippen molar-refractivity contribution in [3.63, 3.8) is 0 Å². The van der Waals surface area contributed by atoms with Crippen LogP contribution in [0.25, 0.3) is 0 Å². The van der Waals surface area contributed by atoms with Crippen LogP contribution < -0.4 is 16.0 Å². The molecule has 0 spiro atoms. The monoisotopic (exact) mass is 450 g/mol. The van der Waals surface area contributed by atoms with Crippen LogP contribution in [-0.2, 0) is 28.9 Å². The van der Waals surface area contributed by atoms with Crippen molar-refractivity contribution in [3.8, 4) is 0 Å². The number of hydrogen-bond acceptors (Lipinski definition) is 8. The minimum atomic E-state index is -0.481. The van der Waals surface area contributed by atoms with Crippen LogP contribution in [0, 0.1) is 0 Å². The molecule has 3 heterocycles. The Kier molecular flexibility index (Phi) is 6.30. The van der Waals surface area contributed by atoms with Crippen molar-refractivity contribution in [2.75, 3.05) is 36.5 Å². The maximum absolute atomic E-state index is 12.9. The molecule has 4 rings (SSSR count). The molecular formula is C19H26N6O3S2. The third-order valence-electron chi connectivity index (χ3n) is 5.36. The Morgan fingerprint density at radius 2 is 2.07 bits per heavy atom. The highest BCUT2D eigenvalue weighted by molar-refractivity contribution is 8.00. The van der Waals surface area contributed by atoms with Crippen molar-refractivity contribution < 1.29 is 14.3 Å². The number of aryl methyl sites for hydroxylation is 1. The number of primary amides is 1. The van der Waals surface area contributed by atoms with Gasteiger partial charge in [-0.25, -0.2) is 0 Å². The van der Waals surface area contributed by atoms with Crippen molar-refractivity contribution in [1.29, 1.82) is 0 Å². The molecule has 1 saturated heterocycles. The summed E-state index contributed by atoms with van der Waals surface area (Å²) in [5.41, 5.74) is 7.08. The van der Waals surface area contributed by atoms with Crippen LogP contribution in [0.1, 0.15) is 41.1 Å². The summed E-state index contributed by atoms with van der Waals surface area (Å²) in [4.78, 5) is 28.1. The number of fused-ring (bicyclic) bond motifs is 1. The van der Waals surface area contributed by atoms with Crippen molar-refractivity contribution in [2.45, 2.75) is 50.1 Å². The standard InChI is InChI=1S/C19H26N6O3S2/c1-3-25-18(24-7-9-28-10-8-24)22-23-19(25)29-11(2)16(27)21-17-14(15(20)26)12-5-4-6-13(12)30-17/h11H,3-10H2,1-2H3,(H2,20,26)(H,21,27)/t11-/m0/s1. The molecule has 0 saturated carbocycles. The lowest BCUT2D eigenvalue weighted by atomic mass is 10.1. The van der Waals surface area contributed by atoms with Crippen LogP contribution in [0.5, 0.6) is 0 Å². The Labute approximate surface area is 183 Å². The second kappa shape index (κ2) is 8.94. The number of carbonyl (C=O) groups excluding carboxylic acids is 2. The van der Waals surface area contributed by atoms with E-state index in [-0.39, 0.29) is 5.91 Å². The molecular weight excluding hydrogens is 424 g/mol. The van der Waals surface area contributed by atoms with Crippen molar-refractivity contribution >= 4 is 45.9 Å². The molecule has 1 fully saturated rings. The number of ether oxygens (including phenoxy) is 1.